The molecule has 0 saturated carbocycles. The number of hydrogen-bond donors (Lipinski definition) is 2. The van der Waals surface area contributed by atoms with Gasteiger partial charge in [0, 0.05) is 15.8 Å². The molecule has 2 aromatic rings. The van der Waals surface area contributed by atoms with Crippen molar-refractivity contribution in [2.24, 2.45) is 0 Å². The molecular formula is C15H13BrN2O3S. The average Bonchev–Trinajstić information content (AvgIpc) is 2.81. The van der Waals surface area contributed by atoms with Crippen molar-refractivity contribution in [3.8, 4) is 0 Å². The number of nitrogens with one attached hydrogen (secondary N) is 2. The number of sulfonamides is 1. The van der Waals surface area contributed by atoms with Crippen molar-refractivity contribution in [3.63, 3.8) is 0 Å². The molecule has 1 aliphatic heterocycles. The van der Waals surface area contributed by atoms with E-state index in [1.807, 2.05) is 6.92 Å². The van der Waals surface area contributed by atoms with Crippen LogP contribution in [0.25, 0.3) is 0 Å². The summed E-state index contributed by atoms with van der Waals surface area (Å²) >= 11 is 3.38. The van der Waals surface area contributed by atoms with Crippen molar-refractivity contribution >= 4 is 43.2 Å². The zero-order chi connectivity index (χ0) is 15.9. The molecule has 5 nitrogen and oxygen atoms in total. The van der Waals surface area contributed by atoms with Crippen LogP contribution >= 0.6 is 15.9 Å². The van der Waals surface area contributed by atoms with E-state index in [1.165, 1.54) is 12.1 Å². The summed E-state index contributed by atoms with van der Waals surface area (Å²) in [7, 11) is -3.69. The molecule has 1 amide bonds. The lowest BCUT2D eigenvalue weighted by Crippen LogP contribution is -2.13. The minimum absolute atomic E-state index is 0.124. The second kappa shape index (κ2) is 5.40. The van der Waals surface area contributed by atoms with Crippen LogP contribution in [0.15, 0.2) is 45.8 Å². The van der Waals surface area contributed by atoms with Crippen LogP contribution in [0.5, 0.6) is 0 Å². The fourth-order valence-corrected chi connectivity index (χ4v) is 3.64. The van der Waals surface area contributed by atoms with E-state index in [1.54, 1.807) is 24.3 Å². The fraction of sp³-hybridized carbons (Fsp3) is 0.133. The smallest absolute Gasteiger partial charge is 0.261 e. The quantitative estimate of drug-likeness (QED) is 0.858. The highest BCUT2D eigenvalue weighted by Gasteiger charge is 2.22. The number of rotatable bonds is 3. The van der Waals surface area contributed by atoms with Crippen LogP contribution < -0.4 is 10.0 Å². The van der Waals surface area contributed by atoms with Crippen molar-refractivity contribution in [1.82, 2.24) is 0 Å². The van der Waals surface area contributed by atoms with Crippen molar-refractivity contribution < 1.29 is 13.2 Å². The fourth-order valence-electron chi connectivity index (χ4n) is 2.30. The first-order valence-corrected chi connectivity index (χ1v) is 8.84. The molecule has 1 aliphatic rings. The van der Waals surface area contributed by atoms with Gasteiger partial charge in [0.2, 0.25) is 5.91 Å². The monoisotopic (exact) mass is 380 g/mol. The molecule has 1 heterocycles. The lowest BCUT2D eigenvalue weighted by Gasteiger charge is -2.10. The van der Waals surface area contributed by atoms with Crippen LogP contribution in [-0.4, -0.2) is 14.3 Å². The standard InChI is InChI=1S/C15H13BrN2O3S/c1-9-6-11(2-4-13(9)16)18-22(20,21)12-3-5-14-10(7-12)8-15(19)17-14/h2-7,18H,8H2,1H3,(H,17,19). The Labute approximate surface area is 136 Å². The molecule has 0 unspecified atom stereocenters. The number of carbonyl (C=O) groups is 1. The van der Waals surface area contributed by atoms with Gasteiger partial charge in [0.05, 0.1) is 11.3 Å². The first-order chi connectivity index (χ1) is 10.3. The maximum absolute atomic E-state index is 12.5. The van der Waals surface area contributed by atoms with Crippen LogP contribution in [0.4, 0.5) is 11.4 Å². The van der Waals surface area contributed by atoms with Gasteiger partial charge in [-0.05, 0) is 54.4 Å². The predicted octanol–water partition coefficient (Wildman–Crippen LogP) is 3.05. The minimum atomic E-state index is -3.69. The molecule has 7 heteroatoms. The summed E-state index contributed by atoms with van der Waals surface area (Å²) < 4.78 is 28.4. The van der Waals surface area contributed by atoms with Crippen LogP contribution in [0.3, 0.4) is 0 Å². The van der Waals surface area contributed by atoms with Gasteiger partial charge in [-0.25, -0.2) is 8.42 Å². The molecule has 22 heavy (non-hydrogen) atoms. The maximum atomic E-state index is 12.5. The summed E-state index contributed by atoms with van der Waals surface area (Å²) in [6.45, 7) is 1.88. The highest BCUT2D eigenvalue weighted by atomic mass is 79.9. The third-order valence-electron chi connectivity index (χ3n) is 3.42. The Kier molecular flexibility index (Phi) is 3.70. The number of hydrogen-bond acceptors (Lipinski definition) is 3. The Morgan fingerprint density at radius 3 is 2.68 bits per heavy atom. The number of halogens is 1. The minimum Gasteiger partial charge on any atom is -0.326 e. The lowest BCUT2D eigenvalue weighted by molar-refractivity contribution is -0.115. The summed E-state index contributed by atoms with van der Waals surface area (Å²) in [5.41, 5.74) is 2.79. The summed E-state index contributed by atoms with van der Waals surface area (Å²) in [6.07, 6.45) is 0.204. The second-order valence-electron chi connectivity index (χ2n) is 5.11. The third-order valence-corrected chi connectivity index (χ3v) is 5.69. The van der Waals surface area contributed by atoms with Crippen molar-refractivity contribution in [1.29, 1.82) is 0 Å². The molecule has 3 rings (SSSR count). The van der Waals surface area contributed by atoms with E-state index in [4.69, 9.17) is 0 Å². The van der Waals surface area contributed by atoms with Gasteiger partial charge in [-0.15, -0.1) is 0 Å². The number of fused-ring (bicyclic) bond motifs is 1. The molecule has 2 aromatic carbocycles. The number of benzene rings is 2. The van der Waals surface area contributed by atoms with Gasteiger partial charge >= 0.3 is 0 Å². The van der Waals surface area contributed by atoms with Gasteiger partial charge in [0.1, 0.15) is 0 Å². The summed E-state index contributed by atoms with van der Waals surface area (Å²) in [5.74, 6) is -0.124. The number of aryl methyl sites for hydroxylation is 1. The van der Waals surface area contributed by atoms with Crippen LogP contribution in [0.1, 0.15) is 11.1 Å². The SMILES string of the molecule is Cc1cc(NS(=O)(=O)c2ccc3c(c2)CC(=O)N3)ccc1Br. The van der Waals surface area contributed by atoms with E-state index in [9.17, 15) is 13.2 Å². The normalized spacial score (nSPS) is 13.6. The average molecular weight is 381 g/mol. The Morgan fingerprint density at radius 2 is 1.95 bits per heavy atom. The Hall–Kier alpha value is -1.86. The molecule has 2 N–H and O–H groups in total. The van der Waals surface area contributed by atoms with Gasteiger partial charge in [-0.1, -0.05) is 15.9 Å². The van der Waals surface area contributed by atoms with Crippen LogP contribution in [-0.2, 0) is 21.2 Å². The zero-order valence-corrected chi connectivity index (χ0v) is 14.1. The topological polar surface area (TPSA) is 75.3 Å². The van der Waals surface area contributed by atoms with E-state index in [-0.39, 0.29) is 17.2 Å². The molecule has 0 atom stereocenters. The zero-order valence-electron chi connectivity index (χ0n) is 11.7. The molecule has 0 bridgehead atoms. The maximum Gasteiger partial charge on any atom is 0.261 e. The van der Waals surface area contributed by atoms with Gasteiger partial charge in [-0.3, -0.25) is 9.52 Å². The van der Waals surface area contributed by atoms with E-state index in [0.29, 0.717) is 16.9 Å². The first kappa shape index (κ1) is 15.1. The Balaban J connectivity index is 1.92. The molecule has 0 aliphatic carbocycles. The van der Waals surface area contributed by atoms with Gasteiger partial charge in [0.15, 0.2) is 0 Å². The largest absolute Gasteiger partial charge is 0.326 e. The van der Waals surface area contributed by atoms with Gasteiger partial charge < -0.3 is 5.32 Å². The molecule has 114 valence electrons. The lowest BCUT2D eigenvalue weighted by atomic mass is 10.2. The van der Waals surface area contributed by atoms with Crippen molar-refractivity contribution in [3.05, 3.63) is 52.0 Å². The van der Waals surface area contributed by atoms with Crippen LogP contribution in [0.2, 0.25) is 0 Å². The van der Waals surface area contributed by atoms with Gasteiger partial charge in [0.25, 0.3) is 10.0 Å². The van der Waals surface area contributed by atoms with E-state index >= 15 is 0 Å². The first-order valence-electron chi connectivity index (χ1n) is 6.57. The number of amides is 1. The molecule has 0 saturated heterocycles. The van der Waals surface area contributed by atoms with Crippen molar-refractivity contribution in [2.75, 3.05) is 10.0 Å². The van der Waals surface area contributed by atoms with E-state index in [0.717, 1.165) is 10.0 Å². The highest BCUT2D eigenvalue weighted by molar-refractivity contribution is 9.10. The number of carbonyl (C=O) groups excluding carboxylic acids is 1. The number of anilines is 2. The van der Waals surface area contributed by atoms with E-state index in [2.05, 4.69) is 26.0 Å². The highest BCUT2D eigenvalue weighted by Crippen LogP contribution is 2.27. The molecule has 0 spiro atoms. The third kappa shape index (κ3) is 2.86. The summed E-state index contributed by atoms with van der Waals surface area (Å²) in [4.78, 5) is 11.5. The second-order valence-corrected chi connectivity index (χ2v) is 7.65. The summed E-state index contributed by atoms with van der Waals surface area (Å²) in [5, 5.41) is 2.68. The van der Waals surface area contributed by atoms with Crippen LogP contribution in [0, 0.1) is 6.92 Å². The van der Waals surface area contributed by atoms with Crippen molar-refractivity contribution in [2.45, 2.75) is 18.2 Å². The van der Waals surface area contributed by atoms with E-state index < -0.39 is 10.0 Å². The van der Waals surface area contributed by atoms with Gasteiger partial charge in [-0.2, -0.15) is 0 Å². The Morgan fingerprint density at radius 1 is 1.18 bits per heavy atom. The molecule has 0 fully saturated rings. The molecular weight excluding hydrogens is 368 g/mol. The molecule has 0 radical (unpaired) electrons. The summed E-state index contributed by atoms with van der Waals surface area (Å²) in [6, 6.07) is 9.85. The predicted molar refractivity (Wildman–Crippen MR) is 88.5 cm³/mol. The Bertz CT molecular complexity index is 878. The molecule has 0 aromatic heterocycles.